The molecule has 0 atom stereocenters. The molecule has 0 aliphatic heterocycles. The van der Waals surface area contributed by atoms with Crippen LogP contribution in [0.3, 0.4) is 0 Å². The summed E-state index contributed by atoms with van der Waals surface area (Å²) in [5, 5.41) is 5.99. The first-order valence-corrected chi connectivity index (χ1v) is 6.78. The van der Waals surface area contributed by atoms with Crippen molar-refractivity contribution < 1.29 is 9.53 Å². The predicted molar refractivity (Wildman–Crippen MR) is 83.7 cm³/mol. The molecular weight excluding hydrogens is 274 g/mol. The monoisotopic (exact) mass is 291 g/mol. The van der Waals surface area contributed by atoms with Gasteiger partial charge in [0.25, 0.3) is 0 Å². The van der Waals surface area contributed by atoms with Gasteiger partial charge < -0.3 is 10.1 Å². The second-order valence-electron chi connectivity index (χ2n) is 5.76. The molecule has 0 aromatic heterocycles. The highest BCUT2D eigenvalue weighted by Gasteiger charge is 2.15. The fourth-order valence-electron chi connectivity index (χ4n) is 2.08. The molecule has 0 aliphatic rings. The van der Waals surface area contributed by atoms with E-state index in [0.29, 0.717) is 10.6 Å². The molecule has 2 aromatic rings. The minimum absolute atomic E-state index is 0.110. The quantitative estimate of drug-likeness (QED) is 0.829. The van der Waals surface area contributed by atoms with Crippen LogP contribution < -0.4 is 5.32 Å². The lowest BCUT2D eigenvalue weighted by Crippen LogP contribution is -2.26. The van der Waals surface area contributed by atoms with Gasteiger partial charge in [0.05, 0.1) is 12.7 Å². The first-order valence-electron chi connectivity index (χ1n) is 6.40. The van der Waals surface area contributed by atoms with E-state index >= 15 is 0 Å². The molecule has 0 aliphatic carbocycles. The van der Waals surface area contributed by atoms with Crippen molar-refractivity contribution in [1.29, 1.82) is 0 Å². The first-order chi connectivity index (χ1) is 9.30. The van der Waals surface area contributed by atoms with Crippen LogP contribution in [0, 0.1) is 0 Å². The Bertz CT molecular complexity index is 659. The number of ether oxygens (including phenoxy) is 1. The van der Waals surface area contributed by atoms with E-state index in [4.69, 9.17) is 16.3 Å². The van der Waals surface area contributed by atoms with Crippen molar-refractivity contribution >= 4 is 34.0 Å². The third kappa shape index (κ3) is 3.23. The topological polar surface area (TPSA) is 38.3 Å². The molecule has 0 amide bonds. The Labute approximate surface area is 123 Å². The van der Waals surface area contributed by atoms with E-state index in [-0.39, 0.29) is 11.5 Å². The highest BCUT2D eigenvalue weighted by Crippen LogP contribution is 2.30. The van der Waals surface area contributed by atoms with Gasteiger partial charge in [0.2, 0.25) is 0 Å². The molecule has 0 saturated carbocycles. The Kier molecular flexibility index (Phi) is 3.91. The van der Waals surface area contributed by atoms with Gasteiger partial charge in [0.15, 0.2) is 0 Å². The largest absolute Gasteiger partial charge is 0.465 e. The number of halogens is 1. The smallest absolute Gasteiger partial charge is 0.337 e. The summed E-state index contributed by atoms with van der Waals surface area (Å²) in [6.07, 6.45) is 0. The molecule has 3 nitrogen and oxygen atoms in total. The van der Waals surface area contributed by atoms with E-state index in [1.807, 2.05) is 24.3 Å². The van der Waals surface area contributed by atoms with Crippen LogP contribution in [0.2, 0.25) is 5.02 Å². The molecule has 2 aromatic carbocycles. The molecular formula is C16H18ClNO2. The van der Waals surface area contributed by atoms with Crippen molar-refractivity contribution in [2.75, 3.05) is 12.4 Å². The molecule has 0 fully saturated rings. The summed E-state index contributed by atoms with van der Waals surface area (Å²) in [6.45, 7) is 6.21. The van der Waals surface area contributed by atoms with Crippen molar-refractivity contribution in [1.82, 2.24) is 0 Å². The normalized spacial score (nSPS) is 11.4. The lowest BCUT2D eigenvalue weighted by molar-refractivity contribution is 0.0601. The Balaban J connectivity index is 2.66. The summed E-state index contributed by atoms with van der Waals surface area (Å²) >= 11 is 6.03. The zero-order valence-corrected chi connectivity index (χ0v) is 12.8. The third-order valence-corrected chi connectivity index (χ3v) is 3.08. The van der Waals surface area contributed by atoms with Crippen molar-refractivity contribution in [3.05, 3.63) is 40.9 Å². The lowest BCUT2D eigenvalue weighted by atomic mass is 10.0. The average Bonchev–Trinajstić information content (AvgIpc) is 2.35. The lowest BCUT2D eigenvalue weighted by Gasteiger charge is -2.24. The fourth-order valence-corrected chi connectivity index (χ4v) is 2.26. The number of fused-ring (bicyclic) bond motifs is 1. The predicted octanol–water partition coefficient (Wildman–Crippen LogP) is 4.49. The maximum atomic E-state index is 11.8. The number of esters is 1. The van der Waals surface area contributed by atoms with Crippen LogP contribution >= 0.6 is 11.6 Å². The molecule has 4 heteroatoms. The minimum Gasteiger partial charge on any atom is -0.465 e. The highest BCUT2D eigenvalue weighted by atomic mass is 35.5. The zero-order chi connectivity index (χ0) is 14.9. The van der Waals surface area contributed by atoms with E-state index in [9.17, 15) is 4.79 Å². The summed E-state index contributed by atoms with van der Waals surface area (Å²) in [6, 6.07) is 9.24. The van der Waals surface area contributed by atoms with Crippen LogP contribution in [0.1, 0.15) is 31.1 Å². The molecule has 0 unspecified atom stereocenters. The van der Waals surface area contributed by atoms with Crippen LogP contribution in [-0.4, -0.2) is 18.6 Å². The molecule has 106 valence electrons. The summed E-state index contributed by atoms with van der Waals surface area (Å²) < 4.78 is 4.80. The first kappa shape index (κ1) is 14.7. The zero-order valence-electron chi connectivity index (χ0n) is 12.1. The number of methoxy groups -OCH3 is 1. The van der Waals surface area contributed by atoms with Gasteiger partial charge in [-0.15, -0.1) is 0 Å². The molecule has 0 radical (unpaired) electrons. The van der Waals surface area contributed by atoms with E-state index in [0.717, 1.165) is 16.5 Å². The number of benzene rings is 2. The van der Waals surface area contributed by atoms with Crippen LogP contribution in [0.5, 0.6) is 0 Å². The van der Waals surface area contributed by atoms with E-state index in [1.165, 1.54) is 7.11 Å². The Morgan fingerprint density at radius 3 is 2.50 bits per heavy atom. The van der Waals surface area contributed by atoms with Gasteiger partial charge in [-0.3, -0.25) is 0 Å². The Morgan fingerprint density at radius 1 is 1.20 bits per heavy atom. The standard InChI is InChI=1S/C16H18ClNO2/c1-16(2,3)18-14-9-11(15(19)20-4)7-10-8-12(17)5-6-13(10)14/h5-9,18H,1-4H3. The molecule has 0 spiro atoms. The molecule has 0 bridgehead atoms. The number of carbonyl (C=O) groups excluding carboxylic acids is 1. The molecule has 2 rings (SSSR count). The van der Waals surface area contributed by atoms with Crippen LogP contribution in [0.15, 0.2) is 30.3 Å². The summed E-state index contributed by atoms with van der Waals surface area (Å²) in [5.41, 5.74) is 1.29. The van der Waals surface area contributed by atoms with Gasteiger partial charge in [-0.05, 0) is 50.4 Å². The number of rotatable bonds is 2. The second-order valence-corrected chi connectivity index (χ2v) is 6.19. The average molecular weight is 292 g/mol. The summed E-state index contributed by atoms with van der Waals surface area (Å²) in [7, 11) is 1.38. The van der Waals surface area contributed by atoms with Gasteiger partial charge in [-0.2, -0.15) is 0 Å². The second kappa shape index (κ2) is 5.33. The van der Waals surface area contributed by atoms with Gasteiger partial charge >= 0.3 is 5.97 Å². The minimum atomic E-state index is -0.358. The maximum Gasteiger partial charge on any atom is 0.337 e. The number of nitrogens with one attached hydrogen (secondary N) is 1. The van der Waals surface area contributed by atoms with E-state index in [2.05, 4.69) is 26.1 Å². The van der Waals surface area contributed by atoms with E-state index < -0.39 is 0 Å². The van der Waals surface area contributed by atoms with Gasteiger partial charge in [-0.1, -0.05) is 17.7 Å². The third-order valence-electron chi connectivity index (χ3n) is 2.85. The Morgan fingerprint density at radius 2 is 1.90 bits per heavy atom. The van der Waals surface area contributed by atoms with Crippen molar-refractivity contribution in [3.8, 4) is 0 Å². The molecule has 20 heavy (non-hydrogen) atoms. The van der Waals surface area contributed by atoms with Gasteiger partial charge in [-0.25, -0.2) is 4.79 Å². The molecule has 0 heterocycles. The van der Waals surface area contributed by atoms with Crippen LogP contribution in [-0.2, 0) is 4.74 Å². The highest BCUT2D eigenvalue weighted by molar-refractivity contribution is 6.31. The number of hydrogen-bond acceptors (Lipinski definition) is 3. The van der Waals surface area contributed by atoms with Crippen LogP contribution in [0.25, 0.3) is 10.8 Å². The fraction of sp³-hybridized carbons (Fsp3) is 0.312. The summed E-state index contributed by atoms with van der Waals surface area (Å²) in [4.78, 5) is 11.8. The molecule has 0 saturated heterocycles. The van der Waals surface area contributed by atoms with Gasteiger partial charge in [0.1, 0.15) is 0 Å². The van der Waals surface area contributed by atoms with Crippen molar-refractivity contribution in [3.63, 3.8) is 0 Å². The van der Waals surface area contributed by atoms with Crippen molar-refractivity contribution in [2.24, 2.45) is 0 Å². The van der Waals surface area contributed by atoms with Gasteiger partial charge in [0, 0.05) is 21.6 Å². The summed E-state index contributed by atoms with van der Waals surface area (Å²) in [5.74, 6) is -0.358. The number of anilines is 1. The Hall–Kier alpha value is -1.74. The van der Waals surface area contributed by atoms with Crippen molar-refractivity contribution in [2.45, 2.75) is 26.3 Å². The maximum absolute atomic E-state index is 11.8. The number of hydrogen-bond donors (Lipinski definition) is 1. The van der Waals surface area contributed by atoms with E-state index in [1.54, 1.807) is 6.07 Å². The van der Waals surface area contributed by atoms with Crippen LogP contribution in [0.4, 0.5) is 5.69 Å². The molecule has 1 N–H and O–H groups in total. The number of carbonyl (C=O) groups is 1. The SMILES string of the molecule is COC(=O)c1cc(NC(C)(C)C)c2ccc(Cl)cc2c1.